The first kappa shape index (κ1) is 38.4. The number of likely N-dealkylation sites (tertiary alicyclic amines) is 2. The summed E-state index contributed by atoms with van der Waals surface area (Å²) in [6, 6.07) is 16.9. The monoisotopic (exact) mass is 760 g/mol. The van der Waals surface area contributed by atoms with Gasteiger partial charge in [0.05, 0.1) is 48.7 Å². The molecule has 6 rings (SSSR count). The lowest BCUT2D eigenvalue weighted by molar-refractivity contribution is 0.0778. The van der Waals surface area contributed by atoms with E-state index < -0.39 is 10.1 Å². The van der Waals surface area contributed by atoms with Crippen molar-refractivity contribution in [1.29, 1.82) is 0 Å². The number of halogens is 2. The summed E-state index contributed by atoms with van der Waals surface area (Å²) >= 11 is 12.8. The van der Waals surface area contributed by atoms with Crippen LogP contribution in [0.4, 0.5) is 0 Å². The molecule has 274 valence electrons. The second-order valence-corrected chi connectivity index (χ2v) is 15.1. The van der Waals surface area contributed by atoms with E-state index in [0.717, 1.165) is 61.9 Å². The van der Waals surface area contributed by atoms with E-state index in [1.165, 1.54) is 21.3 Å². The summed E-state index contributed by atoms with van der Waals surface area (Å²) in [5.74, 6) is 1.67. The Bertz CT molecular complexity index is 1930. The van der Waals surface area contributed by atoms with Gasteiger partial charge >= 0.3 is 0 Å². The number of methoxy groups -OCH3 is 3. The number of imidazole rings is 1. The first-order valence-corrected chi connectivity index (χ1v) is 19.0. The maximum Gasteiger partial charge on any atom is 0.261 e. The maximum atomic E-state index is 13.9. The number of ketones is 1. The smallest absolute Gasteiger partial charge is 0.261 e. The Morgan fingerprint density at radius 3 is 2.20 bits per heavy atom. The van der Waals surface area contributed by atoms with E-state index in [-0.39, 0.29) is 23.0 Å². The third-order valence-electron chi connectivity index (χ3n) is 9.57. The molecule has 3 aromatic carbocycles. The van der Waals surface area contributed by atoms with Crippen molar-refractivity contribution in [3.63, 3.8) is 0 Å². The van der Waals surface area contributed by atoms with Crippen LogP contribution in [0.25, 0.3) is 11.0 Å². The highest BCUT2D eigenvalue weighted by molar-refractivity contribution is 7.85. The number of fused-ring (bicyclic) bond motifs is 1. The van der Waals surface area contributed by atoms with E-state index in [0.29, 0.717) is 58.0 Å². The molecule has 2 fully saturated rings. The predicted octanol–water partition coefficient (Wildman–Crippen LogP) is 6.17. The molecule has 1 unspecified atom stereocenters. The average Bonchev–Trinajstić information content (AvgIpc) is 3.76. The van der Waals surface area contributed by atoms with Crippen molar-refractivity contribution in [2.45, 2.75) is 31.1 Å². The van der Waals surface area contributed by atoms with Crippen LogP contribution in [0.2, 0.25) is 10.0 Å². The molecule has 2 aliphatic rings. The fourth-order valence-electron chi connectivity index (χ4n) is 6.90. The van der Waals surface area contributed by atoms with Crippen molar-refractivity contribution in [3.05, 3.63) is 81.6 Å². The molecule has 15 heteroatoms. The Balaban J connectivity index is 0.000000943. The molecule has 12 nitrogen and oxygen atoms in total. The number of ether oxygens (including phenoxy) is 3. The number of rotatable bonds is 10. The van der Waals surface area contributed by atoms with Crippen molar-refractivity contribution in [2.75, 3.05) is 60.3 Å². The van der Waals surface area contributed by atoms with Crippen LogP contribution in [0, 0.1) is 5.92 Å². The lowest BCUT2D eigenvalue weighted by Gasteiger charge is -2.36. The zero-order valence-electron chi connectivity index (χ0n) is 28.9. The standard InChI is InChI=1S/C35H38Cl2N4O5.CH4O3S/c1-44-29-18-23(19-30(45-2)32(29)46-3)34(43)41-17-13-35(21-41,24-8-9-25(36)26(37)20-24)12-16-40-14-10-22(11-15-40)31(42)33-38-27-6-4-5-7-28(27)39-33;1-5(2,3)4/h4-9,18-20,22H,10-17,21H2,1-3H3,(H,38,39);1H3,(H,2,3,4). The summed E-state index contributed by atoms with van der Waals surface area (Å²) in [6.45, 7) is 3.59. The van der Waals surface area contributed by atoms with Gasteiger partial charge in [0.25, 0.3) is 16.0 Å². The molecular weight excluding hydrogens is 719 g/mol. The molecule has 2 N–H and O–H groups in total. The summed E-state index contributed by atoms with van der Waals surface area (Å²) in [6.07, 6.45) is 3.88. The van der Waals surface area contributed by atoms with E-state index in [1.54, 1.807) is 12.1 Å². The molecule has 3 heterocycles. The van der Waals surface area contributed by atoms with Gasteiger partial charge in [0.1, 0.15) is 0 Å². The van der Waals surface area contributed by atoms with Gasteiger partial charge in [0.15, 0.2) is 17.3 Å². The Labute approximate surface area is 307 Å². The molecule has 1 amide bonds. The van der Waals surface area contributed by atoms with Crippen molar-refractivity contribution in [2.24, 2.45) is 5.92 Å². The number of hydrogen-bond acceptors (Lipinski definition) is 9. The zero-order valence-corrected chi connectivity index (χ0v) is 31.3. The molecular formula is C36H42Cl2N4O8S. The highest BCUT2D eigenvalue weighted by atomic mass is 35.5. The topological polar surface area (TPSA) is 151 Å². The number of carbonyl (C=O) groups excluding carboxylic acids is 2. The molecule has 0 aliphatic carbocycles. The lowest BCUT2D eigenvalue weighted by atomic mass is 9.76. The molecule has 0 spiro atoms. The summed E-state index contributed by atoms with van der Waals surface area (Å²) in [7, 11) is 0.942. The summed E-state index contributed by atoms with van der Waals surface area (Å²) < 4.78 is 42.3. The largest absolute Gasteiger partial charge is 0.493 e. The van der Waals surface area contributed by atoms with E-state index in [9.17, 15) is 18.0 Å². The summed E-state index contributed by atoms with van der Waals surface area (Å²) in [5.41, 5.74) is 2.91. The second kappa shape index (κ2) is 16.2. The number of Topliss-reactive ketones (excluding diaryl/α,β-unsaturated/α-hetero) is 1. The number of aromatic nitrogens is 2. The molecule has 1 atom stereocenters. The van der Waals surface area contributed by atoms with Gasteiger partial charge in [-0.2, -0.15) is 8.42 Å². The summed E-state index contributed by atoms with van der Waals surface area (Å²) in [4.78, 5) is 39.2. The van der Waals surface area contributed by atoms with Crippen LogP contribution in [0.1, 0.15) is 52.2 Å². The van der Waals surface area contributed by atoms with E-state index in [4.69, 9.17) is 42.0 Å². The number of hydrogen-bond donors (Lipinski definition) is 2. The third kappa shape index (κ3) is 9.14. The minimum atomic E-state index is -3.67. The molecule has 2 aliphatic heterocycles. The van der Waals surface area contributed by atoms with Crippen molar-refractivity contribution in [1.82, 2.24) is 19.8 Å². The predicted molar refractivity (Wildman–Crippen MR) is 196 cm³/mol. The van der Waals surface area contributed by atoms with Crippen LogP contribution >= 0.6 is 23.2 Å². The molecule has 0 saturated carbocycles. The SMILES string of the molecule is COc1cc(C(=O)N2CCC(CCN3CCC(C(=O)c4nc5ccccc5[nH]4)CC3)(c3ccc(Cl)c(Cl)c3)C2)cc(OC)c1OC.CS(=O)(=O)O. The number of nitrogens with one attached hydrogen (secondary N) is 1. The van der Waals surface area contributed by atoms with E-state index in [2.05, 4.69) is 14.9 Å². The molecule has 1 aromatic heterocycles. The van der Waals surface area contributed by atoms with Crippen molar-refractivity contribution >= 4 is 56.0 Å². The van der Waals surface area contributed by atoms with Gasteiger partial charge in [-0.3, -0.25) is 14.1 Å². The molecule has 0 radical (unpaired) electrons. The second-order valence-electron chi connectivity index (χ2n) is 12.9. The third-order valence-corrected chi connectivity index (χ3v) is 10.3. The fourth-order valence-corrected chi connectivity index (χ4v) is 7.19. The number of benzene rings is 3. The Morgan fingerprint density at radius 1 is 0.961 bits per heavy atom. The molecule has 4 aromatic rings. The minimum Gasteiger partial charge on any atom is -0.493 e. The number of H-pyrrole nitrogens is 1. The van der Waals surface area contributed by atoms with Crippen molar-refractivity contribution < 1.29 is 36.8 Å². The number of nitrogens with zero attached hydrogens (tertiary/aromatic N) is 3. The van der Waals surface area contributed by atoms with Crippen LogP contribution in [-0.2, 0) is 15.5 Å². The van der Waals surface area contributed by atoms with Gasteiger partial charge in [0, 0.05) is 30.0 Å². The normalized spacial score (nSPS) is 18.3. The number of carbonyl (C=O) groups is 2. The number of piperidine rings is 1. The number of amides is 1. The Hall–Kier alpha value is -3.88. The van der Waals surface area contributed by atoms with E-state index in [1.807, 2.05) is 47.4 Å². The Kier molecular flexibility index (Phi) is 12.2. The highest BCUT2D eigenvalue weighted by Crippen LogP contribution is 2.43. The quantitative estimate of drug-likeness (QED) is 0.142. The van der Waals surface area contributed by atoms with Gasteiger partial charge in [-0.1, -0.05) is 41.4 Å². The van der Waals surface area contributed by atoms with Gasteiger partial charge in [-0.05, 0) is 87.3 Å². The van der Waals surface area contributed by atoms with Crippen LogP contribution in [0.3, 0.4) is 0 Å². The van der Waals surface area contributed by atoms with Gasteiger partial charge in [-0.25, -0.2) is 4.98 Å². The van der Waals surface area contributed by atoms with Crippen LogP contribution < -0.4 is 14.2 Å². The Morgan fingerprint density at radius 2 is 1.61 bits per heavy atom. The van der Waals surface area contributed by atoms with Gasteiger partial charge < -0.3 is 29.0 Å². The van der Waals surface area contributed by atoms with E-state index >= 15 is 0 Å². The first-order chi connectivity index (χ1) is 24.2. The molecule has 2 saturated heterocycles. The fraction of sp³-hybridized carbons (Fsp3) is 0.417. The van der Waals surface area contributed by atoms with Gasteiger partial charge in [-0.15, -0.1) is 0 Å². The summed E-state index contributed by atoms with van der Waals surface area (Å²) in [5, 5.41) is 0.998. The zero-order chi connectivity index (χ0) is 36.9. The minimum absolute atomic E-state index is 0.0566. The van der Waals surface area contributed by atoms with Crippen LogP contribution in [0.5, 0.6) is 17.2 Å². The average molecular weight is 762 g/mol. The van der Waals surface area contributed by atoms with Crippen molar-refractivity contribution in [3.8, 4) is 17.2 Å². The van der Waals surface area contributed by atoms with Crippen LogP contribution in [0.15, 0.2) is 54.6 Å². The van der Waals surface area contributed by atoms with Crippen LogP contribution in [-0.4, -0.2) is 105 Å². The molecule has 0 bridgehead atoms. The first-order valence-electron chi connectivity index (χ1n) is 16.4. The number of para-hydroxylation sites is 2. The highest BCUT2D eigenvalue weighted by Gasteiger charge is 2.42. The lowest BCUT2D eigenvalue weighted by Crippen LogP contribution is -2.41. The number of aromatic amines is 1. The molecule has 51 heavy (non-hydrogen) atoms. The maximum absolute atomic E-state index is 13.9. The van der Waals surface area contributed by atoms with Gasteiger partial charge in [0.2, 0.25) is 11.5 Å².